The number of anilines is 1. The minimum atomic E-state index is -0.325. The van der Waals surface area contributed by atoms with Crippen LogP contribution in [0.3, 0.4) is 0 Å². The zero-order valence-corrected chi connectivity index (χ0v) is 22.7. The normalized spacial score (nSPS) is 16.7. The molecule has 2 fully saturated rings. The molecule has 2 aromatic heterocycles. The lowest BCUT2D eigenvalue weighted by Gasteiger charge is -2.41. The Bertz CT molecular complexity index is 1670. The number of hydrogen-bond donors (Lipinski definition) is 1. The Morgan fingerprint density at radius 3 is 2.38 bits per heavy atom. The summed E-state index contributed by atoms with van der Waals surface area (Å²) in [6.45, 7) is 3.19. The fraction of sp³-hybridized carbons (Fsp3) is 0.250. The topological polar surface area (TPSA) is 55.2 Å². The van der Waals surface area contributed by atoms with E-state index in [9.17, 15) is 0 Å². The van der Waals surface area contributed by atoms with Gasteiger partial charge in [-0.3, -0.25) is 4.57 Å². The number of halogens is 2. The lowest BCUT2D eigenvalue weighted by molar-refractivity contribution is 0.122. The first-order chi connectivity index (χ1) is 19.6. The molecule has 2 aliphatic rings. The van der Waals surface area contributed by atoms with Crippen LogP contribution in [0.2, 0.25) is 0 Å². The molecule has 0 radical (unpaired) electrons. The van der Waals surface area contributed by atoms with Crippen LogP contribution in [0.15, 0.2) is 84.9 Å². The molecule has 0 spiro atoms. The van der Waals surface area contributed by atoms with Gasteiger partial charge in [0.1, 0.15) is 17.2 Å². The van der Waals surface area contributed by atoms with Crippen LogP contribution in [0, 0.1) is 5.82 Å². The number of nitrogens with one attached hydrogen (secondary N) is 1. The second kappa shape index (κ2) is 10.3. The van der Waals surface area contributed by atoms with E-state index in [1.54, 1.807) is 12.1 Å². The van der Waals surface area contributed by atoms with E-state index in [0.717, 1.165) is 73.8 Å². The molecule has 1 aliphatic carbocycles. The fourth-order valence-electron chi connectivity index (χ4n) is 5.77. The molecule has 3 aromatic carbocycles. The Balaban J connectivity index is 1.36. The highest BCUT2D eigenvalue weighted by Gasteiger charge is 2.38. The molecular weight excluding hydrogens is 525 g/mol. The summed E-state index contributed by atoms with van der Waals surface area (Å²) in [6, 6.07) is 27.4. The van der Waals surface area contributed by atoms with Crippen molar-refractivity contribution in [3.05, 3.63) is 96.3 Å². The van der Waals surface area contributed by atoms with E-state index in [4.69, 9.17) is 26.5 Å². The van der Waals surface area contributed by atoms with Crippen molar-refractivity contribution in [2.45, 2.75) is 24.8 Å². The molecule has 8 heteroatoms. The number of aromatic nitrogens is 3. The molecule has 7 rings (SSSR count). The maximum absolute atomic E-state index is 15.1. The van der Waals surface area contributed by atoms with Crippen LogP contribution in [0.1, 0.15) is 24.8 Å². The Morgan fingerprint density at radius 1 is 0.850 bits per heavy atom. The third-order valence-corrected chi connectivity index (χ3v) is 8.57. The smallest absolute Gasteiger partial charge is 0.165 e. The van der Waals surface area contributed by atoms with E-state index in [-0.39, 0.29) is 11.4 Å². The molecule has 6 nitrogen and oxygen atoms in total. The zero-order chi connectivity index (χ0) is 27.1. The minimum Gasteiger partial charge on any atom is -0.378 e. The molecule has 1 N–H and O–H groups in total. The second-order valence-corrected chi connectivity index (χ2v) is 10.7. The van der Waals surface area contributed by atoms with Crippen LogP contribution in [0.4, 0.5) is 10.1 Å². The van der Waals surface area contributed by atoms with Gasteiger partial charge < -0.3 is 9.64 Å². The minimum absolute atomic E-state index is 0.192. The Kier molecular flexibility index (Phi) is 6.50. The molecule has 0 atom stereocenters. The molecule has 1 aliphatic heterocycles. The molecular formula is C32H29ClFN5O. The third kappa shape index (κ3) is 4.35. The van der Waals surface area contributed by atoms with Crippen LogP contribution < -0.4 is 9.74 Å². The van der Waals surface area contributed by atoms with Gasteiger partial charge in [0.25, 0.3) is 0 Å². The van der Waals surface area contributed by atoms with E-state index in [1.165, 1.54) is 6.07 Å². The van der Waals surface area contributed by atoms with E-state index < -0.39 is 0 Å². The first kappa shape index (κ1) is 25.2. The summed E-state index contributed by atoms with van der Waals surface area (Å²) in [7, 11) is 0. The highest BCUT2D eigenvalue weighted by molar-refractivity contribution is 6.14. The highest BCUT2D eigenvalue weighted by atomic mass is 35.5. The average Bonchev–Trinajstić information content (AvgIpc) is 3.36. The molecule has 0 amide bonds. The second-order valence-electron chi connectivity index (χ2n) is 10.5. The summed E-state index contributed by atoms with van der Waals surface area (Å²) in [5.74, 6) is 0.190. The van der Waals surface area contributed by atoms with Crippen LogP contribution in [-0.4, -0.2) is 40.8 Å². The van der Waals surface area contributed by atoms with Crippen LogP contribution >= 0.6 is 11.8 Å². The number of rotatable bonds is 6. The Hall–Kier alpha value is -3.78. The van der Waals surface area contributed by atoms with E-state index >= 15 is 4.39 Å². The van der Waals surface area contributed by atoms with Gasteiger partial charge in [-0.2, -0.15) is 0 Å². The predicted octanol–water partition coefficient (Wildman–Crippen LogP) is 6.85. The summed E-state index contributed by atoms with van der Waals surface area (Å²) in [5, 5.41) is 0. The molecule has 40 heavy (non-hydrogen) atoms. The summed E-state index contributed by atoms with van der Waals surface area (Å²) >= 11 is 6.15. The maximum atomic E-state index is 15.1. The molecule has 3 heterocycles. The third-order valence-electron chi connectivity index (χ3n) is 8.20. The first-order valence-electron chi connectivity index (χ1n) is 13.7. The zero-order valence-electron chi connectivity index (χ0n) is 22.0. The summed E-state index contributed by atoms with van der Waals surface area (Å²) in [4.78, 5) is 15.3. The lowest BCUT2D eigenvalue weighted by Crippen LogP contribution is -2.43. The molecule has 1 saturated carbocycles. The molecule has 202 valence electrons. The SMILES string of the molecule is Fc1ccccc1-c1nc2ccc(-c3cccc(N4CCOCC4)c3)nc2n1-c1ccc(C2(NCl)CCC2)cc1. The number of imidazole rings is 1. The lowest BCUT2D eigenvalue weighted by atomic mass is 9.73. The number of ether oxygens (including phenoxy) is 1. The molecule has 0 bridgehead atoms. The van der Waals surface area contributed by atoms with Crippen LogP contribution in [-0.2, 0) is 10.3 Å². The van der Waals surface area contributed by atoms with Gasteiger partial charge in [-0.25, -0.2) is 19.2 Å². The highest BCUT2D eigenvalue weighted by Crippen LogP contribution is 2.42. The molecule has 5 aromatic rings. The number of morpholine rings is 1. The van der Waals surface area contributed by atoms with Crippen molar-refractivity contribution >= 4 is 28.6 Å². The largest absolute Gasteiger partial charge is 0.378 e. The van der Waals surface area contributed by atoms with Crippen molar-refractivity contribution in [3.63, 3.8) is 0 Å². The van der Waals surface area contributed by atoms with Crippen molar-refractivity contribution in [2.24, 2.45) is 0 Å². The maximum Gasteiger partial charge on any atom is 0.165 e. The Morgan fingerprint density at radius 2 is 1.65 bits per heavy atom. The van der Waals surface area contributed by atoms with Crippen molar-refractivity contribution in [1.82, 2.24) is 19.4 Å². The summed E-state index contributed by atoms with van der Waals surface area (Å²) < 4.78 is 22.6. The predicted molar refractivity (Wildman–Crippen MR) is 157 cm³/mol. The van der Waals surface area contributed by atoms with Gasteiger partial charge in [-0.1, -0.05) is 36.4 Å². The fourth-order valence-corrected chi connectivity index (χ4v) is 6.06. The molecule has 1 saturated heterocycles. The van der Waals surface area contributed by atoms with Gasteiger partial charge in [0, 0.05) is 30.0 Å². The van der Waals surface area contributed by atoms with Gasteiger partial charge in [0.15, 0.2) is 5.65 Å². The number of benzene rings is 3. The van der Waals surface area contributed by atoms with Crippen molar-refractivity contribution in [2.75, 3.05) is 31.2 Å². The van der Waals surface area contributed by atoms with Gasteiger partial charge in [0.2, 0.25) is 0 Å². The van der Waals surface area contributed by atoms with Gasteiger partial charge in [0.05, 0.1) is 30.0 Å². The Labute approximate surface area is 237 Å². The number of fused-ring (bicyclic) bond motifs is 1. The van der Waals surface area contributed by atoms with Crippen molar-refractivity contribution in [3.8, 4) is 28.3 Å². The van der Waals surface area contributed by atoms with E-state index in [1.807, 2.05) is 34.9 Å². The van der Waals surface area contributed by atoms with E-state index in [2.05, 4.69) is 46.1 Å². The van der Waals surface area contributed by atoms with E-state index in [0.29, 0.717) is 22.6 Å². The van der Waals surface area contributed by atoms with Crippen LogP contribution in [0.25, 0.3) is 39.5 Å². The van der Waals surface area contributed by atoms with Crippen LogP contribution in [0.5, 0.6) is 0 Å². The van der Waals surface area contributed by atoms with Gasteiger partial charge >= 0.3 is 0 Å². The first-order valence-corrected chi connectivity index (χ1v) is 14.1. The summed E-state index contributed by atoms with van der Waals surface area (Å²) in [5.41, 5.74) is 6.62. The average molecular weight is 554 g/mol. The van der Waals surface area contributed by atoms with Gasteiger partial charge in [-0.05, 0) is 85.1 Å². The number of hydrogen-bond acceptors (Lipinski definition) is 5. The monoisotopic (exact) mass is 553 g/mol. The molecule has 0 unspecified atom stereocenters. The standard InChI is InChI=1S/C32H29ClFN5O/c33-37-32(15-4-16-32)23-9-11-24(12-10-23)39-30(26-7-1-2-8-27(26)34)36-29-14-13-28(35-31(29)39)22-5-3-6-25(21-22)38-17-19-40-20-18-38/h1-3,5-14,21,37H,4,15-20H2. The van der Waals surface area contributed by atoms with Crippen molar-refractivity contribution in [1.29, 1.82) is 0 Å². The quantitative estimate of drug-likeness (QED) is 0.233. The van der Waals surface area contributed by atoms with Crippen molar-refractivity contribution < 1.29 is 9.13 Å². The summed E-state index contributed by atoms with van der Waals surface area (Å²) in [6.07, 6.45) is 3.14. The number of nitrogens with zero attached hydrogens (tertiary/aromatic N) is 4. The van der Waals surface area contributed by atoms with Gasteiger partial charge in [-0.15, -0.1) is 0 Å². The number of pyridine rings is 1.